The molecule has 2 rings (SSSR count). The van der Waals surface area contributed by atoms with Crippen LogP contribution in [0.25, 0.3) is 17.0 Å². The van der Waals surface area contributed by atoms with Gasteiger partial charge < -0.3 is 9.15 Å². The van der Waals surface area contributed by atoms with Gasteiger partial charge in [0.2, 0.25) is 0 Å². The molecule has 2 aromatic rings. The van der Waals surface area contributed by atoms with Crippen LogP contribution < -0.4 is 4.74 Å². The number of methoxy groups -OCH3 is 1. The zero-order valence-corrected chi connectivity index (χ0v) is 7.41. The lowest BCUT2D eigenvalue weighted by Gasteiger charge is -2.03. The van der Waals surface area contributed by atoms with Gasteiger partial charge in [-0.1, -0.05) is 12.7 Å². The Kier molecular flexibility index (Phi) is 1.81. The summed E-state index contributed by atoms with van der Waals surface area (Å²) in [5.74, 6) is 0.789. The topological polar surface area (TPSA) is 22.4 Å². The summed E-state index contributed by atoms with van der Waals surface area (Å²) in [5.41, 5.74) is 1.82. The number of furan rings is 1. The zero-order chi connectivity index (χ0) is 9.26. The van der Waals surface area contributed by atoms with Gasteiger partial charge in [-0.15, -0.1) is 0 Å². The van der Waals surface area contributed by atoms with Crippen LogP contribution in [0.4, 0.5) is 0 Å². The van der Waals surface area contributed by atoms with Gasteiger partial charge in [0, 0.05) is 17.0 Å². The maximum atomic E-state index is 5.25. The molecule has 0 unspecified atom stereocenters. The summed E-state index contributed by atoms with van der Waals surface area (Å²) >= 11 is 0. The Morgan fingerprint density at radius 3 is 3.00 bits per heavy atom. The van der Waals surface area contributed by atoms with E-state index in [-0.39, 0.29) is 0 Å². The second-order valence-electron chi connectivity index (χ2n) is 2.76. The standard InChI is InChI=1S/C11H10O2/c1-3-8-6-9-4-5-13-11(9)7-10(8)12-2/h3-7H,1H2,2H3. The first-order chi connectivity index (χ1) is 6.35. The fourth-order valence-corrected chi connectivity index (χ4v) is 1.34. The van der Waals surface area contributed by atoms with E-state index in [1.807, 2.05) is 18.2 Å². The quantitative estimate of drug-likeness (QED) is 0.698. The van der Waals surface area contributed by atoms with Crippen LogP contribution >= 0.6 is 0 Å². The highest BCUT2D eigenvalue weighted by Gasteiger charge is 2.03. The molecule has 0 aliphatic carbocycles. The van der Waals surface area contributed by atoms with Gasteiger partial charge in [0.15, 0.2) is 0 Å². The highest BCUT2D eigenvalue weighted by molar-refractivity contribution is 5.82. The minimum Gasteiger partial charge on any atom is -0.496 e. The minimum atomic E-state index is 0.789. The molecule has 0 saturated carbocycles. The van der Waals surface area contributed by atoms with E-state index in [2.05, 4.69) is 6.58 Å². The number of ether oxygens (including phenoxy) is 1. The summed E-state index contributed by atoms with van der Waals surface area (Å²) < 4.78 is 10.4. The second-order valence-corrected chi connectivity index (χ2v) is 2.76. The van der Waals surface area contributed by atoms with E-state index >= 15 is 0 Å². The summed E-state index contributed by atoms with van der Waals surface area (Å²) in [7, 11) is 1.64. The highest BCUT2D eigenvalue weighted by Crippen LogP contribution is 2.27. The molecule has 0 aliphatic heterocycles. The molecule has 2 heteroatoms. The van der Waals surface area contributed by atoms with Crippen molar-refractivity contribution < 1.29 is 9.15 Å². The van der Waals surface area contributed by atoms with E-state index in [0.29, 0.717) is 0 Å². The minimum absolute atomic E-state index is 0.789. The number of hydrogen-bond donors (Lipinski definition) is 0. The van der Waals surface area contributed by atoms with Gasteiger partial charge in [-0.3, -0.25) is 0 Å². The molecule has 1 aromatic heterocycles. The lowest BCUT2D eigenvalue weighted by molar-refractivity contribution is 0.413. The second kappa shape index (κ2) is 2.98. The fraction of sp³-hybridized carbons (Fsp3) is 0.0909. The van der Waals surface area contributed by atoms with Crippen LogP contribution in [0.15, 0.2) is 35.5 Å². The molecule has 1 aromatic carbocycles. The molecule has 0 spiro atoms. The molecule has 0 saturated heterocycles. The Morgan fingerprint density at radius 1 is 1.46 bits per heavy atom. The first-order valence-electron chi connectivity index (χ1n) is 4.03. The third kappa shape index (κ3) is 1.20. The summed E-state index contributed by atoms with van der Waals surface area (Å²) in [6, 6.07) is 5.78. The Bertz CT molecular complexity index is 440. The molecular weight excluding hydrogens is 164 g/mol. The molecule has 0 N–H and O–H groups in total. The first kappa shape index (κ1) is 7.92. The SMILES string of the molecule is C=Cc1cc2ccoc2cc1OC. The number of benzene rings is 1. The molecule has 0 atom stereocenters. The molecular formula is C11H10O2. The van der Waals surface area contributed by atoms with E-state index in [1.54, 1.807) is 19.4 Å². The third-order valence-corrected chi connectivity index (χ3v) is 2.02. The van der Waals surface area contributed by atoms with Crippen molar-refractivity contribution in [2.24, 2.45) is 0 Å². The van der Waals surface area contributed by atoms with Crippen molar-refractivity contribution >= 4 is 17.0 Å². The molecule has 13 heavy (non-hydrogen) atoms. The average Bonchev–Trinajstić information content (AvgIpc) is 2.62. The molecule has 0 bridgehead atoms. The van der Waals surface area contributed by atoms with Crippen molar-refractivity contribution in [3.63, 3.8) is 0 Å². The largest absolute Gasteiger partial charge is 0.496 e. The van der Waals surface area contributed by atoms with Gasteiger partial charge in [0.05, 0.1) is 13.4 Å². The van der Waals surface area contributed by atoms with Gasteiger partial charge in [-0.05, 0) is 12.1 Å². The Balaban J connectivity index is 2.73. The highest BCUT2D eigenvalue weighted by atomic mass is 16.5. The predicted octanol–water partition coefficient (Wildman–Crippen LogP) is 3.08. The van der Waals surface area contributed by atoms with Crippen LogP contribution in [-0.4, -0.2) is 7.11 Å². The molecule has 1 heterocycles. The molecule has 0 radical (unpaired) electrons. The molecule has 0 fully saturated rings. The van der Waals surface area contributed by atoms with Crippen molar-refractivity contribution in [3.05, 3.63) is 36.6 Å². The summed E-state index contributed by atoms with van der Waals surface area (Å²) in [6.07, 6.45) is 3.43. The zero-order valence-electron chi connectivity index (χ0n) is 7.41. The van der Waals surface area contributed by atoms with E-state index in [0.717, 1.165) is 22.3 Å². The predicted molar refractivity (Wildman–Crippen MR) is 52.9 cm³/mol. The number of fused-ring (bicyclic) bond motifs is 1. The summed E-state index contributed by atoms with van der Waals surface area (Å²) in [4.78, 5) is 0. The lowest BCUT2D eigenvalue weighted by atomic mass is 10.1. The first-order valence-corrected chi connectivity index (χ1v) is 4.03. The Hall–Kier alpha value is -1.70. The van der Waals surface area contributed by atoms with Gasteiger partial charge >= 0.3 is 0 Å². The van der Waals surface area contributed by atoms with E-state index in [4.69, 9.17) is 9.15 Å². The maximum Gasteiger partial charge on any atom is 0.137 e. The van der Waals surface area contributed by atoms with Crippen molar-refractivity contribution in [3.8, 4) is 5.75 Å². The third-order valence-electron chi connectivity index (χ3n) is 2.02. The normalized spacial score (nSPS) is 10.2. The van der Waals surface area contributed by atoms with Crippen molar-refractivity contribution in [2.75, 3.05) is 7.11 Å². The van der Waals surface area contributed by atoms with Crippen LogP contribution in [0.3, 0.4) is 0 Å². The van der Waals surface area contributed by atoms with Crippen LogP contribution in [0.5, 0.6) is 5.75 Å². The summed E-state index contributed by atoms with van der Waals surface area (Å²) in [5, 5.41) is 1.07. The van der Waals surface area contributed by atoms with Crippen molar-refractivity contribution in [1.82, 2.24) is 0 Å². The maximum absolute atomic E-state index is 5.25. The summed E-state index contributed by atoms with van der Waals surface area (Å²) in [6.45, 7) is 3.72. The average molecular weight is 174 g/mol. The van der Waals surface area contributed by atoms with E-state index < -0.39 is 0 Å². The van der Waals surface area contributed by atoms with Crippen LogP contribution in [0, 0.1) is 0 Å². The molecule has 66 valence electrons. The fourth-order valence-electron chi connectivity index (χ4n) is 1.34. The smallest absolute Gasteiger partial charge is 0.137 e. The van der Waals surface area contributed by atoms with Crippen LogP contribution in [0.1, 0.15) is 5.56 Å². The Labute approximate surface area is 76.4 Å². The molecule has 0 aliphatic rings. The van der Waals surface area contributed by atoms with Crippen molar-refractivity contribution in [1.29, 1.82) is 0 Å². The van der Waals surface area contributed by atoms with Crippen LogP contribution in [-0.2, 0) is 0 Å². The van der Waals surface area contributed by atoms with Gasteiger partial charge in [0.1, 0.15) is 11.3 Å². The van der Waals surface area contributed by atoms with E-state index in [9.17, 15) is 0 Å². The molecule has 0 amide bonds. The Morgan fingerprint density at radius 2 is 2.31 bits per heavy atom. The van der Waals surface area contributed by atoms with Gasteiger partial charge in [0.25, 0.3) is 0 Å². The van der Waals surface area contributed by atoms with E-state index in [1.165, 1.54) is 0 Å². The van der Waals surface area contributed by atoms with Gasteiger partial charge in [-0.2, -0.15) is 0 Å². The van der Waals surface area contributed by atoms with Gasteiger partial charge in [-0.25, -0.2) is 0 Å². The number of hydrogen-bond acceptors (Lipinski definition) is 2. The lowest BCUT2D eigenvalue weighted by Crippen LogP contribution is -1.85. The van der Waals surface area contributed by atoms with Crippen molar-refractivity contribution in [2.45, 2.75) is 0 Å². The molecule has 2 nitrogen and oxygen atoms in total. The van der Waals surface area contributed by atoms with Crippen LogP contribution in [0.2, 0.25) is 0 Å². The number of rotatable bonds is 2. The monoisotopic (exact) mass is 174 g/mol.